The van der Waals surface area contributed by atoms with E-state index in [-0.39, 0.29) is 17.0 Å². The first-order chi connectivity index (χ1) is 10.5. The Balaban J connectivity index is 2.45. The van der Waals surface area contributed by atoms with Crippen molar-refractivity contribution in [3.63, 3.8) is 0 Å². The van der Waals surface area contributed by atoms with Crippen molar-refractivity contribution in [3.05, 3.63) is 35.2 Å². The van der Waals surface area contributed by atoms with E-state index in [4.69, 9.17) is 16.4 Å². The number of anilines is 1. The first kappa shape index (κ1) is 15.6. The molecule has 1 amide bonds. The van der Waals surface area contributed by atoms with Crippen LogP contribution in [-0.2, 0) is 4.79 Å². The van der Waals surface area contributed by atoms with Crippen LogP contribution in [0.15, 0.2) is 23.8 Å². The molecule has 0 aliphatic carbocycles. The molecule has 1 aromatic rings. The number of hydrogen-bond acceptors (Lipinski definition) is 4. The molecule has 1 aromatic carbocycles. The number of nitrogens with zero attached hydrogens (tertiary/aromatic N) is 2. The van der Waals surface area contributed by atoms with E-state index in [1.165, 1.54) is 12.1 Å². The molecule has 2 rings (SSSR count). The molecule has 1 heterocycles. The van der Waals surface area contributed by atoms with E-state index in [0.29, 0.717) is 6.54 Å². The van der Waals surface area contributed by atoms with Crippen LogP contribution in [0.1, 0.15) is 19.4 Å². The van der Waals surface area contributed by atoms with Gasteiger partial charge in [0.05, 0.1) is 5.56 Å². The summed E-state index contributed by atoms with van der Waals surface area (Å²) >= 11 is 0. The number of hydrogen-bond donors (Lipinski definition) is 1. The summed E-state index contributed by atoms with van der Waals surface area (Å²) in [5, 5.41) is 10.1. The Hall–Kier alpha value is -2.83. The molecular weight excluding hydrogens is 285 g/mol. The number of carbonyl (C=O) groups is 1. The minimum atomic E-state index is -0.703. The maximum absolute atomic E-state index is 14.2. The maximum atomic E-state index is 14.2. The summed E-state index contributed by atoms with van der Waals surface area (Å²) in [7, 11) is 0. The summed E-state index contributed by atoms with van der Waals surface area (Å²) in [4.78, 5) is 12.0. The summed E-state index contributed by atoms with van der Waals surface area (Å²) in [6.45, 7) is 3.84. The predicted molar refractivity (Wildman–Crippen MR) is 79.3 cm³/mol. The smallest absolute Gasteiger partial charge is 0.265 e. The van der Waals surface area contributed by atoms with E-state index in [2.05, 4.69) is 11.3 Å². The van der Waals surface area contributed by atoms with Crippen molar-refractivity contribution in [1.29, 1.82) is 5.26 Å². The highest BCUT2D eigenvalue weighted by molar-refractivity contribution is 6.02. The second-order valence-corrected chi connectivity index (χ2v) is 4.84. The molecule has 0 spiro atoms. The van der Waals surface area contributed by atoms with Gasteiger partial charge < -0.3 is 4.74 Å². The molecule has 1 N–H and O–H groups in total. The van der Waals surface area contributed by atoms with Crippen LogP contribution in [0.2, 0.25) is 0 Å². The van der Waals surface area contributed by atoms with Gasteiger partial charge in [0.2, 0.25) is 0 Å². The Kier molecular flexibility index (Phi) is 4.45. The predicted octanol–water partition coefficient (Wildman–Crippen LogP) is 1.90. The third-order valence-electron chi connectivity index (χ3n) is 3.06. The zero-order chi connectivity index (χ0) is 16.3. The molecule has 0 radical (unpaired) electrons. The average molecular weight is 299 g/mol. The molecule has 1 aliphatic rings. The number of carbonyl (C=O) groups excluding carboxylic acids is 1. The molecule has 0 saturated carbocycles. The molecule has 0 saturated heterocycles. The standard InChI is InChI=1S/C16H14FN3O2/c1-4-11(3)22-15-7-14(13(17)6-12(15)8-18)20-16(21)5-10(2)9-19-20/h1,5-7,11,19H,9H2,2-3H3. The summed E-state index contributed by atoms with van der Waals surface area (Å²) < 4.78 is 19.6. The van der Waals surface area contributed by atoms with Gasteiger partial charge >= 0.3 is 0 Å². The van der Waals surface area contributed by atoms with Crippen LogP contribution in [0.4, 0.5) is 10.1 Å². The highest BCUT2D eigenvalue weighted by atomic mass is 19.1. The molecule has 1 unspecified atom stereocenters. The summed E-state index contributed by atoms with van der Waals surface area (Å²) in [6, 6.07) is 4.16. The van der Waals surface area contributed by atoms with Crippen molar-refractivity contribution in [2.75, 3.05) is 11.6 Å². The Morgan fingerprint density at radius 1 is 1.55 bits per heavy atom. The molecule has 22 heavy (non-hydrogen) atoms. The number of nitrogens with one attached hydrogen (secondary N) is 1. The first-order valence-corrected chi connectivity index (χ1v) is 6.57. The van der Waals surface area contributed by atoms with Crippen LogP contribution in [0.5, 0.6) is 5.75 Å². The fourth-order valence-electron chi connectivity index (χ4n) is 1.94. The van der Waals surface area contributed by atoms with Gasteiger partial charge in [-0.25, -0.2) is 14.8 Å². The van der Waals surface area contributed by atoms with E-state index in [0.717, 1.165) is 16.6 Å². The van der Waals surface area contributed by atoms with Gasteiger partial charge in [0.15, 0.2) is 6.10 Å². The average Bonchev–Trinajstić information content (AvgIpc) is 2.49. The largest absolute Gasteiger partial charge is 0.477 e. The van der Waals surface area contributed by atoms with Gasteiger partial charge in [-0.15, -0.1) is 6.42 Å². The number of terminal acetylenes is 1. The minimum Gasteiger partial charge on any atom is -0.477 e. The number of rotatable bonds is 3. The molecule has 0 bridgehead atoms. The second kappa shape index (κ2) is 6.30. The molecular formula is C16H14FN3O2. The van der Waals surface area contributed by atoms with Gasteiger partial charge in [0, 0.05) is 18.7 Å². The number of nitriles is 1. The molecule has 6 heteroatoms. The summed E-state index contributed by atoms with van der Waals surface area (Å²) in [6.07, 6.45) is 6.07. The van der Waals surface area contributed by atoms with Crippen molar-refractivity contribution < 1.29 is 13.9 Å². The van der Waals surface area contributed by atoms with Gasteiger partial charge in [-0.05, 0) is 19.9 Å². The zero-order valence-corrected chi connectivity index (χ0v) is 12.2. The molecule has 1 aliphatic heterocycles. The van der Waals surface area contributed by atoms with Crippen molar-refractivity contribution in [1.82, 2.24) is 5.43 Å². The molecule has 5 nitrogen and oxygen atoms in total. The van der Waals surface area contributed by atoms with Gasteiger partial charge in [-0.3, -0.25) is 4.79 Å². The zero-order valence-electron chi connectivity index (χ0n) is 12.2. The van der Waals surface area contributed by atoms with Crippen LogP contribution in [-0.4, -0.2) is 18.6 Å². The number of amides is 1. The van der Waals surface area contributed by atoms with E-state index in [1.807, 2.05) is 6.07 Å². The summed E-state index contributed by atoms with van der Waals surface area (Å²) in [5.41, 5.74) is 3.64. The Bertz CT molecular complexity index is 728. The molecule has 112 valence electrons. The lowest BCUT2D eigenvalue weighted by Crippen LogP contribution is -2.46. The Morgan fingerprint density at radius 2 is 2.27 bits per heavy atom. The van der Waals surface area contributed by atoms with Gasteiger partial charge in [-0.2, -0.15) is 5.26 Å². The molecule has 0 aromatic heterocycles. The molecule has 0 fully saturated rings. The van der Waals surface area contributed by atoms with E-state index >= 15 is 0 Å². The molecule has 1 atom stereocenters. The number of ether oxygens (including phenoxy) is 1. The highest BCUT2D eigenvalue weighted by Gasteiger charge is 2.23. The van der Waals surface area contributed by atoms with Crippen LogP contribution in [0.25, 0.3) is 0 Å². The number of halogens is 1. The number of benzene rings is 1. The van der Waals surface area contributed by atoms with Crippen LogP contribution in [0, 0.1) is 29.5 Å². The Morgan fingerprint density at radius 3 is 2.86 bits per heavy atom. The van der Waals surface area contributed by atoms with Crippen LogP contribution < -0.4 is 15.2 Å². The minimum absolute atomic E-state index is 0.0135. The van der Waals surface area contributed by atoms with Gasteiger partial charge in [0.1, 0.15) is 23.3 Å². The normalized spacial score (nSPS) is 15.6. The fraction of sp³-hybridized carbons (Fsp3) is 0.250. The highest BCUT2D eigenvalue weighted by Crippen LogP contribution is 2.29. The van der Waals surface area contributed by atoms with Crippen molar-refractivity contribution in [2.24, 2.45) is 0 Å². The maximum Gasteiger partial charge on any atom is 0.265 e. The monoisotopic (exact) mass is 299 g/mol. The lowest BCUT2D eigenvalue weighted by molar-refractivity contribution is -0.115. The summed E-state index contributed by atoms with van der Waals surface area (Å²) in [5.74, 6) is 1.39. The van der Waals surface area contributed by atoms with Crippen molar-refractivity contribution in [2.45, 2.75) is 20.0 Å². The fourth-order valence-corrected chi connectivity index (χ4v) is 1.94. The SMILES string of the molecule is C#CC(C)Oc1cc(N2NCC(C)=CC2=O)c(F)cc1C#N. The lowest BCUT2D eigenvalue weighted by Gasteiger charge is -2.27. The van der Waals surface area contributed by atoms with E-state index in [9.17, 15) is 9.18 Å². The van der Waals surface area contributed by atoms with Gasteiger partial charge in [0.25, 0.3) is 5.91 Å². The quantitative estimate of drug-likeness (QED) is 0.866. The Labute approximate surface area is 127 Å². The topological polar surface area (TPSA) is 65.4 Å². The van der Waals surface area contributed by atoms with Crippen molar-refractivity contribution in [3.8, 4) is 24.2 Å². The van der Waals surface area contributed by atoms with E-state index < -0.39 is 17.8 Å². The van der Waals surface area contributed by atoms with E-state index in [1.54, 1.807) is 13.8 Å². The van der Waals surface area contributed by atoms with Crippen LogP contribution >= 0.6 is 0 Å². The lowest BCUT2D eigenvalue weighted by atomic mass is 10.1. The third kappa shape index (κ3) is 3.08. The van der Waals surface area contributed by atoms with Crippen molar-refractivity contribution >= 4 is 11.6 Å². The van der Waals surface area contributed by atoms with Crippen LogP contribution in [0.3, 0.4) is 0 Å². The third-order valence-corrected chi connectivity index (χ3v) is 3.06. The first-order valence-electron chi connectivity index (χ1n) is 6.57. The number of hydrazine groups is 1. The second-order valence-electron chi connectivity index (χ2n) is 4.84. The van der Waals surface area contributed by atoms with Gasteiger partial charge in [-0.1, -0.05) is 11.5 Å².